The first kappa shape index (κ1) is 15.5. The minimum Gasteiger partial charge on any atom is -0.497 e. The number of thiazole rings is 1. The molecule has 4 nitrogen and oxygen atoms in total. The summed E-state index contributed by atoms with van der Waals surface area (Å²) >= 11 is 1.56. The summed E-state index contributed by atoms with van der Waals surface area (Å²) in [4.78, 5) is 4.56. The van der Waals surface area contributed by atoms with Crippen molar-refractivity contribution in [2.24, 2.45) is 5.10 Å². The van der Waals surface area contributed by atoms with Gasteiger partial charge in [-0.25, -0.2) is 4.98 Å². The topological polar surface area (TPSA) is 46.5 Å². The summed E-state index contributed by atoms with van der Waals surface area (Å²) in [5.74, 6) is 0.851. The molecule has 0 unspecified atom stereocenters. The van der Waals surface area contributed by atoms with Gasteiger partial charge in [0.2, 0.25) is 5.13 Å². The van der Waals surface area contributed by atoms with Crippen LogP contribution in [0.5, 0.6) is 5.75 Å². The summed E-state index contributed by atoms with van der Waals surface area (Å²) in [5.41, 5.74) is 6.27. The van der Waals surface area contributed by atoms with Crippen molar-refractivity contribution in [3.63, 3.8) is 0 Å². The van der Waals surface area contributed by atoms with Gasteiger partial charge in [0.15, 0.2) is 0 Å². The first-order valence-electron chi connectivity index (χ1n) is 7.18. The third-order valence-corrected chi connectivity index (χ3v) is 3.89. The molecule has 0 aliphatic carbocycles. The fourth-order valence-corrected chi connectivity index (χ4v) is 2.61. The molecule has 0 saturated heterocycles. The molecule has 2 aromatic rings. The van der Waals surface area contributed by atoms with E-state index in [0.717, 1.165) is 41.4 Å². The largest absolute Gasteiger partial charge is 0.497 e. The molecule has 0 bridgehead atoms. The maximum atomic E-state index is 5.16. The van der Waals surface area contributed by atoms with E-state index in [-0.39, 0.29) is 0 Å². The molecule has 112 valence electrons. The number of rotatable bonds is 7. The van der Waals surface area contributed by atoms with Gasteiger partial charge in [-0.3, -0.25) is 5.43 Å². The third-order valence-electron chi connectivity index (χ3n) is 3.15. The van der Waals surface area contributed by atoms with Gasteiger partial charge in [0, 0.05) is 16.7 Å². The van der Waals surface area contributed by atoms with Gasteiger partial charge < -0.3 is 4.74 Å². The highest BCUT2D eigenvalue weighted by Crippen LogP contribution is 2.26. The number of nitrogens with zero attached hydrogens (tertiary/aromatic N) is 2. The molecule has 5 heteroatoms. The second kappa shape index (κ2) is 7.78. The van der Waals surface area contributed by atoms with E-state index >= 15 is 0 Å². The van der Waals surface area contributed by atoms with Gasteiger partial charge in [-0.15, -0.1) is 11.3 Å². The molecule has 21 heavy (non-hydrogen) atoms. The molecule has 0 aliphatic rings. The molecule has 1 aromatic carbocycles. The van der Waals surface area contributed by atoms with E-state index in [9.17, 15) is 0 Å². The van der Waals surface area contributed by atoms with Crippen LogP contribution in [0.3, 0.4) is 0 Å². The van der Waals surface area contributed by atoms with Crippen molar-refractivity contribution < 1.29 is 4.74 Å². The van der Waals surface area contributed by atoms with Crippen LogP contribution in [0.25, 0.3) is 11.3 Å². The van der Waals surface area contributed by atoms with Crippen molar-refractivity contribution in [2.75, 3.05) is 12.5 Å². The lowest BCUT2D eigenvalue weighted by atomic mass is 10.2. The standard InChI is InChI=1S/C16H21N3OS/c1-4-6-13(5-2)18-19-16-17-15(11-21-16)12-7-9-14(20-3)10-8-12/h7-11H,4-6H2,1-3H3,(H,17,19)/b18-13+. The zero-order valence-corrected chi connectivity index (χ0v) is 13.5. The number of methoxy groups -OCH3 is 1. The number of anilines is 1. The van der Waals surface area contributed by atoms with Gasteiger partial charge in [-0.2, -0.15) is 5.10 Å². The van der Waals surface area contributed by atoms with E-state index in [4.69, 9.17) is 4.74 Å². The van der Waals surface area contributed by atoms with Crippen molar-refractivity contribution in [3.05, 3.63) is 29.6 Å². The van der Waals surface area contributed by atoms with E-state index in [0.29, 0.717) is 0 Å². The van der Waals surface area contributed by atoms with Crippen LogP contribution in [0.4, 0.5) is 5.13 Å². The molecule has 0 atom stereocenters. The van der Waals surface area contributed by atoms with E-state index in [1.807, 2.05) is 29.6 Å². The highest BCUT2D eigenvalue weighted by atomic mass is 32.1. The first-order chi connectivity index (χ1) is 10.3. The van der Waals surface area contributed by atoms with Crippen LogP contribution in [0.1, 0.15) is 33.1 Å². The number of aromatic nitrogens is 1. The Balaban J connectivity index is 2.06. The summed E-state index contributed by atoms with van der Waals surface area (Å²) < 4.78 is 5.16. The summed E-state index contributed by atoms with van der Waals surface area (Å²) in [5, 5.41) is 7.29. The fraction of sp³-hybridized carbons (Fsp3) is 0.375. The summed E-state index contributed by atoms with van der Waals surface area (Å²) in [6.07, 6.45) is 3.11. The maximum Gasteiger partial charge on any atom is 0.203 e. The van der Waals surface area contributed by atoms with Crippen LogP contribution in [-0.4, -0.2) is 17.8 Å². The van der Waals surface area contributed by atoms with Gasteiger partial charge >= 0.3 is 0 Å². The minimum atomic E-state index is 0.822. The van der Waals surface area contributed by atoms with Crippen LogP contribution in [0.2, 0.25) is 0 Å². The molecule has 1 heterocycles. The van der Waals surface area contributed by atoms with Crippen LogP contribution < -0.4 is 10.2 Å². The van der Waals surface area contributed by atoms with Gasteiger partial charge in [0.25, 0.3) is 0 Å². The lowest BCUT2D eigenvalue weighted by Crippen LogP contribution is -2.00. The molecule has 0 aliphatic heterocycles. The van der Waals surface area contributed by atoms with E-state index < -0.39 is 0 Å². The summed E-state index contributed by atoms with van der Waals surface area (Å²) in [7, 11) is 1.67. The average molecular weight is 303 g/mol. The minimum absolute atomic E-state index is 0.822. The molecule has 0 spiro atoms. The molecule has 1 aromatic heterocycles. The summed E-state index contributed by atoms with van der Waals surface area (Å²) in [6.45, 7) is 4.29. The Kier molecular flexibility index (Phi) is 5.75. The van der Waals surface area contributed by atoms with Crippen molar-refractivity contribution in [1.29, 1.82) is 0 Å². The monoisotopic (exact) mass is 303 g/mol. The van der Waals surface area contributed by atoms with Crippen molar-refractivity contribution in [1.82, 2.24) is 4.98 Å². The van der Waals surface area contributed by atoms with Crippen molar-refractivity contribution in [3.8, 4) is 17.0 Å². The Bertz CT molecular complexity index is 590. The van der Waals surface area contributed by atoms with Crippen molar-refractivity contribution in [2.45, 2.75) is 33.1 Å². The molecule has 0 saturated carbocycles. The number of hydrogen-bond donors (Lipinski definition) is 1. The molecule has 1 N–H and O–H groups in total. The fourth-order valence-electron chi connectivity index (χ4n) is 1.95. The van der Waals surface area contributed by atoms with Crippen molar-refractivity contribution >= 4 is 22.2 Å². The number of nitrogens with one attached hydrogen (secondary N) is 1. The SMILES string of the molecule is CCC/C(CC)=N/Nc1nc(-c2ccc(OC)cc2)cs1. The van der Waals surface area contributed by atoms with Crippen LogP contribution >= 0.6 is 11.3 Å². The molecule has 2 rings (SSSR count). The molecule has 0 fully saturated rings. The van der Waals surface area contributed by atoms with E-state index in [1.165, 1.54) is 5.71 Å². The second-order valence-electron chi connectivity index (χ2n) is 4.66. The maximum absolute atomic E-state index is 5.16. The third kappa shape index (κ3) is 4.29. The molecular formula is C16H21N3OS. The number of benzene rings is 1. The van der Waals surface area contributed by atoms with Gasteiger partial charge in [-0.05, 0) is 37.1 Å². The zero-order valence-electron chi connectivity index (χ0n) is 12.7. The first-order valence-corrected chi connectivity index (χ1v) is 8.06. The van der Waals surface area contributed by atoms with Gasteiger partial charge in [-0.1, -0.05) is 20.3 Å². The number of hydrazone groups is 1. The van der Waals surface area contributed by atoms with Crippen LogP contribution in [0.15, 0.2) is 34.7 Å². The predicted molar refractivity (Wildman–Crippen MR) is 90.4 cm³/mol. The quantitative estimate of drug-likeness (QED) is 0.590. The molecule has 0 radical (unpaired) electrons. The Morgan fingerprint density at radius 2 is 2.05 bits per heavy atom. The highest BCUT2D eigenvalue weighted by molar-refractivity contribution is 7.14. The Morgan fingerprint density at radius 3 is 2.67 bits per heavy atom. The lowest BCUT2D eigenvalue weighted by molar-refractivity contribution is 0.415. The summed E-state index contributed by atoms with van der Waals surface area (Å²) in [6, 6.07) is 7.90. The predicted octanol–water partition coefficient (Wildman–Crippen LogP) is 4.80. The normalized spacial score (nSPS) is 11.5. The van der Waals surface area contributed by atoms with Gasteiger partial charge in [0.1, 0.15) is 5.75 Å². The highest BCUT2D eigenvalue weighted by Gasteiger charge is 2.04. The van der Waals surface area contributed by atoms with E-state index in [1.54, 1.807) is 18.4 Å². The van der Waals surface area contributed by atoms with E-state index in [2.05, 4.69) is 29.4 Å². The zero-order chi connectivity index (χ0) is 15.1. The van der Waals surface area contributed by atoms with Gasteiger partial charge in [0.05, 0.1) is 12.8 Å². The average Bonchev–Trinajstić information content (AvgIpc) is 3.00. The smallest absolute Gasteiger partial charge is 0.203 e. The Morgan fingerprint density at radius 1 is 1.29 bits per heavy atom. The van der Waals surface area contributed by atoms with Crippen LogP contribution in [-0.2, 0) is 0 Å². The number of ether oxygens (including phenoxy) is 1. The van der Waals surface area contributed by atoms with Crippen LogP contribution in [0, 0.1) is 0 Å². The number of hydrogen-bond acceptors (Lipinski definition) is 5. The Hall–Kier alpha value is -1.88. The second-order valence-corrected chi connectivity index (χ2v) is 5.52. The lowest BCUT2D eigenvalue weighted by Gasteiger charge is -2.02. The Labute approximate surface area is 129 Å². The molecular weight excluding hydrogens is 282 g/mol. The molecule has 0 amide bonds.